The average Bonchev–Trinajstić information content (AvgIpc) is 2.42. The van der Waals surface area contributed by atoms with Gasteiger partial charge in [0.25, 0.3) is 5.91 Å². The van der Waals surface area contributed by atoms with Crippen LogP contribution in [0.2, 0.25) is 5.02 Å². The van der Waals surface area contributed by atoms with Crippen LogP contribution in [0.25, 0.3) is 0 Å². The Hall–Kier alpha value is -1.37. The Morgan fingerprint density at radius 3 is 2.68 bits per heavy atom. The normalized spacial score (nSPS) is 16.6. The van der Waals surface area contributed by atoms with Gasteiger partial charge < -0.3 is 15.7 Å². The predicted octanol–water partition coefficient (Wildman–Crippen LogP) is 0.0673. The number of aliphatic hydroxyl groups excluding tert-OH is 1. The molecule has 0 radical (unpaired) electrons. The summed E-state index contributed by atoms with van der Waals surface area (Å²) in [6.07, 6.45) is 0. The summed E-state index contributed by atoms with van der Waals surface area (Å²) in [5, 5.41) is 9.19. The molecule has 0 bridgehead atoms. The molecule has 1 aromatic rings. The first kappa shape index (κ1) is 14.0. The zero-order chi connectivity index (χ0) is 13.8. The van der Waals surface area contributed by atoms with Crippen LogP contribution in [0.5, 0.6) is 0 Å². The first-order valence-electron chi connectivity index (χ1n) is 6.16. The molecule has 0 saturated carbocycles. The lowest BCUT2D eigenvalue weighted by Crippen LogP contribution is -2.49. The summed E-state index contributed by atoms with van der Waals surface area (Å²) < 4.78 is 0. The van der Waals surface area contributed by atoms with E-state index in [4.69, 9.17) is 22.4 Å². The number of amides is 1. The van der Waals surface area contributed by atoms with E-state index in [9.17, 15) is 4.79 Å². The van der Waals surface area contributed by atoms with Gasteiger partial charge in [-0.2, -0.15) is 0 Å². The minimum absolute atomic E-state index is 0.135. The number of nitrogens with two attached hydrogens (primary N) is 1. The van der Waals surface area contributed by atoms with Gasteiger partial charge in [0.1, 0.15) is 11.5 Å². The molecule has 0 aliphatic carbocycles. The molecule has 1 aliphatic heterocycles. The van der Waals surface area contributed by atoms with Crippen LogP contribution in [0.3, 0.4) is 0 Å². The molecule has 19 heavy (non-hydrogen) atoms. The van der Waals surface area contributed by atoms with E-state index >= 15 is 0 Å². The van der Waals surface area contributed by atoms with Gasteiger partial charge in [0.05, 0.1) is 11.6 Å². The van der Waals surface area contributed by atoms with Crippen molar-refractivity contribution in [2.45, 2.75) is 0 Å². The maximum Gasteiger partial charge on any atom is 0.274 e. The van der Waals surface area contributed by atoms with E-state index in [2.05, 4.69) is 9.88 Å². The summed E-state index contributed by atoms with van der Waals surface area (Å²) in [5.41, 5.74) is 5.79. The van der Waals surface area contributed by atoms with Crippen molar-refractivity contribution in [1.82, 2.24) is 14.8 Å². The minimum atomic E-state index is -0.194. The standard InChI is InChI=1S/C12H17ClN4O2/c13-9-1-2-10(14)15-11(9)12(19)17-5-3-16(4-6-17)7-8-18/h1-2,18H,3-8H2,(H2,14,15). The van der Waals surface area contributed by atoms with Crippen LogP contribution in [0, 0.1) is 0 Å². The summed E-state index contributed by atoms with van der Waals surface area (Å²) in [7, 11) is 0. The lowest BCUT2D eigenvalue weighted by molar-refractivity contribution is 0.0610. The number of halogens is 1. The van der Waals surface area contributed by atoms with Crippen LogP contribution >= 0.6 is 11.6 Å². The number of nitrogens with zero attached hydrogens (tertiary/aromatic N) is 3. The average molecular weight is 285 g/mol. The Labute approximate surface area is 116 Å². The molecule has 0 unspecified atom stereocenters. The molecule has 7 heteroatoms. The second-order valence-electron chi connectivity index (χ2n) is 4.42. The maximum absolute atomic E-state index is 12.3. The zero-order valence-corrected chi connectivity index (χ0v) is 11.3. The van der Waals surface area contributed by atoms with Gasteiger partial charge in [0.15, 0.2) is 0 Å². The number of nitrogen functional groups attached to an aromatic ring is 1. The van der Waals surface area contributed by atoms with Crippen molar-refractivity contribution in [2.75, 3.05) is 45.1 Å². The van der Waals surface area contributed by atoms with Crippen LogP contribution < -0.4 is 5.73 Å². The number of carbonyl (C=O) groups is 1. The molecule has 1 saturated heterocycles. The first-order chi connectivity index (χ1) is 9.11. The summed E-state index contributed by atoms with van der Waals surface area (Å²) in [5.74, 6) is 0.0904. The molecule has 104 valence electrons. The van der Waals surface area contributed by atoms with Gasteiger partial charge in [-0.1, -0.05) is 11.6 Å². The van der Waals surface area contributed by atoms with Crippen LogP contribution in [-0.4, -0.2) is 65.1 Å². The van der Waals surface area contributed by atoms with Crippen LogP contribution in [-0.2, 0) is 0 Å². The fourth-order valence-electron chi connectivity index (χ4n) is 2.07. The van der Waals surface area contributed by atoms with Crippen LogP contribution in [0.1, 0.15) is 10.5 Å². The van der Waals surface area contributed by atoms with Crippen molar-refractivity contribution in [1.29, 1.82) is 0 Å². The van der Waals surface area contributed by atoms with E-state index in [1.54, 1.807) is 17.0 Å². The molecule has 2 rings (SSSR count). The van der Waals surface area contributed by atoms with E-state index in [1.807, 2.05) is 0 Å². The maximum atomic E-state index is 12.3. The van der Waals surface area contributed by atoms with Gasteiger partial charge in [0, 0.05) is 32.7 Å². The van der Waals surface area contributed by atoms with Gasteiger partial charge >= 0.3 is 0 Å². The summed E-state index contributed by atoms with van der Waals surface area (Å²) in [4.78, 5) is 20.1. The third-order valence-electron chi connectivity index (χ3n) is 3.15. The number of carbonyl (C=O) groups excluding carboxylic acids is 1. The van der Waals surface area contributed by atoms with Crippen molar-refractivity contribution < 1.29 is 9.90 Å². The number of hydrogen-bond donors (Lipinski definition) is 2. The summed E-state index contributed by atoms with van der Waals surface area (Å²) in [6.45, 7) is 3.46. The molecule has 2 heterocycles. The first-order valence-corrected chi connectivity index (χ1v) is 6.54. The molecule has 1 aromatic heterocycles. The number of aliphatic hydroxyl groups is 1. The van der Waals surface area contributed by atoms with Crippen molar-refractivity contribution in [3.8, 4) is 0 Å². The number of piperazine rings is 1. The van der Waals surface area contributed by atoms with Gasteiger partial charge in [-0.05, 0) is 12.1 Å². The van der Waals surface area contributed by atoms with E-state index in [0.717, 1.165) is 13.1 Å². The Balaban J connectivity index is 2.03. The molecule has 1 aliphatic rings. The minimum Gasteiger partial charge on any atom is -0.395 e. The highest BCUT2D eigenvalue weighted by Crippen LogP contribution is 2.18. The Kier molecular flexibility index (Phi) is 4.57. The van der Waals surface area contributed by atoms with Gasteiger partial charge in [0.2, 0.25) is 0 Å². The van der Waals surface area contributed by atoms with Gasteiger partial charge in [-0.3, -0.25) is 9.69 Å². The number of rotatable bonds is 3. The van der Waals surface area contributed by atoms with Crippen molar-refractivity contribution in [2.24, 2.45) is 0 Å². The lowest BCUT2D eigenvalue weighted by atomic mass is 10.2. The van der Waals surface area contributed by atoms with Crippen LogP contribution in [0.15, 0.2) is 12.1 Å². The highest BCUT2D eigenvalue weighted by molar-refractivity contribution is 6.33. The molecule has 1 amide bonds. The summed E-state index contributed by atoms with van der Waals surface area (Å²) in [6, 6.07) is 3.15. The Morgan fingerprint density at radius 2 is 2.05 bits per heavy atom. The molecule has 1 fully saturated rings. The smallest absolute Gasteiger partial charge is 0.274 e. The lowest BCUT2D eigenvalue weighted by Gasteiger charge is -2.34. The van der Waals surface area contributed by atoms with Gasteiger partial charge in [-0.15, -0.1) is 0 Å². The molecule has 0 atom stereocenters. The molecule has 6 nitrogen and oxygen atoms in total. The van der Waals surface area contributed by atoms with E-state index < -0.39 is 0 Å². The molecule has 3 N–H and O–H groups in total. The van der Waals surface area contributed by atoms with E-state index in [1.165, 1.54) is 0 Å². The molecular formula is C12H17ClN4O2. The highest BCUT2D eigenvalue weighted by atomic mass is 35.5. The topological polar surface area (TPSA) is 82.7 Å². The molecule has 0 aromatic carbocycles. The van der Waals surface area contributed by atoms with Crippen LogP contribution in [0.4, 0.5) is 5.82 Å². The Bertz CT molecular complexity index is 461. The Morgan fingerprint density at radius 1 is 1.37 bits per heavy atom. The monoisotopic (exact) mass is 284 g/mol. The largest absolute Gasteiger partial charge is 0.395 e. The summed E-state index contributed by atoms with van der Waals surface area (Å²) >= 11 is 5.98. The highest BCUT2D eigenvalue weighted by Gasteiger charge is 2.24. The van der Waals surface area contributed by atoms with E-state index in [0.29, 0.717) is 24.7 Å². The zero-order valence-electron chi connectivity index (χ0n) is 10.5. The quantitative estimate of drug-likeness (QED) is 0.821. The number of anilines is 1. The number of β-amino-alcohol motifs (C(OH)–C–C–N with tert-alkyl or cyclic N) is 1. The second-order valence-corrected chi connectivity index (χ2v) is 4.83. The fourth-order valence-corrected chi connectivity index (χ4v) is 2.26. The van der Waals surface area contributed by atoms with Gasteiger partial charge in [-0.25, -0.2) is 4.98 Å². The number of pyridine rings is 1. The third-order valence-corrected chi connectivity index (χ3v) is 3.45. The van der Waals surface area contributed by atoms with Crippen molar-refractivity contribution >= 4 is 23.3 Å². The SMILES string of the molecule is Nc1ccc(Cl)c(C(=O)N2CCN(CCO)CC2)n1. The van der Waals surface area contributed by atoms with Crippen molar-refractivity contribution in [3.05, 3.63) is 22.8 Å². The number of aromatic nitrogens is 1. The second kappa shape index (κ2) is 6.18. The van der Waals surface area contributed by atoms with Crippen molar-refractivity contribution in [3.63, 3.8) is 0 Å². The molecule has 0 spiro atoms. The third kappa shape index (κ3) is 3.34. The molecular weight excluding hydrogens is 268 g/mol. The predicted molar refractivity (Wildman–Crippen MR) is 73.1 cm³/mol. The van der Waals surface area contributed by atoms with E-state index in [-0.39, 0.29) is 24.0 Å². The fraction of sp³-hybridized carbons (Fsp3) is 0.500. The number of hydrogen-bond acceptors (Lipinski definition) is 5.